The van der Waals surface area contributed by atoms with Gasteiger partial charge < -0.3 is 19.4 Å². The van der Waals surface area contributed by atoms with Crippen molar-refractivity contribution in [1.29, 1.82) is 0 Å². The number of carbonyl (C=O) groups is 1. The van der Waals surface area contributed by atoms with Crippen molar-refractivity contribution in [3.63, 3.8) is 0 Å². The van der Waals surface area contributed by atoms with Crippen LogP contribution in [0.1, 0.15) is 60.9 Å². The molecule has 0 radical (unpaired) electrons. The number of alkyl halides is 3. The van der Waals surface area contributed by atoms with Crippen molar-refractivity contribution in [3.05, 3.63) is 59.9 Å². The van der Waals surface area contributed by atoms with E-state index in [2.05, 4.69) is 20.2 Å². The van der Waals surface area contributed by atoms with Gasteiger partial charge in [0, 0.05) is 30.9 Å². The summed E-state index contributed by atoms with van der Waals surface area (Å²) in [6, 6.07) is 10.3. The van der Waals surface area contributed by atoms with Gasteiger partial charge in [0.25, 0.3) is 6.01 Å². The van der Waals surface area contributed by atoms with Crippen LogP contribution >= 0.6 is 0 Å². The molecule has 208 valence electrons. The predicted octanol–water partition coefficient (Wildman–Crippen LogP) is 6.82. The standard InChI is InChI=1S/C29H33F3N4O3/c1-38-27(37)22-9-4-8-21(15-22)25-17-34-28(39-25)35-24-10-3-2-7-20(24)14-19-6-5-13-36(18-19)26-12-11-23(16-33-26)29(30,31)32/h4,8-9,11-12,15-17,19-20,24H,2-3,5-7,10,13-14,18H2,1H3,(H,34,35)/t19-,20+,24-/m1/s1. The van der Waals surface area contributed by atoms with Gasteiger partial charge in [-0.3, -0.25) is 0 Å². The van der Waals surface area contributed by atoms with Crippen molar-refractivity contribution in [1.82, 2.24) is 9.97 Å². The molecule has 0 spiro atoms. The first-order valence-electron chi connectivity index (χ1n) is 13.5. The largest absolute Gasteiger partial charge is 0.465 e. The number of hydrogen-bond acceptors (Lipinski definition) is 7. The maximum absolute atomic E-state index is 12.9. The van der Waals surface area contributed by atoms with E-state index in [0.29, 0.717) is 35.0 Å². The molecule has 5 rings (SSSR count). The third-order valence-electron chi connectivity index (χ3n) is 7.85. The minimum atomic E-state index is -4.38. The van der Waals surface area contributed by atoms with Gasteiger partial charge in [0.05, 0.1) is 24.4 Å². The van der Waals surface area contributed by atoms with Crippen molar-refractivity contribution in [2.75, 3.05) is 30.4 Å². The van der Waals surface area contributed by atoms with Gasteiger partial charge >= 0.3 is 12.1 Å². The molecule has 3 aromatic rings. The van der Waals surface area contributed by atoms with E-state index in [1.54, 1.807) is 24.4 Å². The summed E-state index contributed by atoms with van der Waals surface area (Å²) in [5.74, 6) is 1.66. The van der Waals surface area contributed by atoms with Gasteiger partial charge in [-0.15, -0.1) is 0 Å². The Morgan fingerprint density at radius 1 is 1.10 bits per heavy atom. The van der Waals surface area contributed by atoms with E-state index in [9.17, 15) is 18.0 Å². The Kier molecular flexibility index (Phi) is 8.09. The minimum Gasteiger partial charge on any atom is -0.465 e. The molecule has 2 aliphatic rings. The Labute approximate surface area is 225 Å². The number of rotatable bonds is 7. The zero-order chi connectivity index (χ0) is 27.4. The van der Waals surface area contributed by atoms with Gasteiger partial charge in [-0.1, -0.05) is 25.0 Å². The second-order valence-electron chi connectivity index (χ2n) is 10.5. The number of esters is 1. The van der Waals surface area contributed by atoms with E-state index >= 15 is 0 Å². The van der Waals surface area contributed by atoms with E-state index in [1.165, 1.54) is 19.6 Å². The zero-order valence-electron chi connectivity index (χ0n) is 21.9. The zero-order valence-corrected chi connectivity index (χ0v) is 21.9. The molecule has 39 heavy (non-hydrogen) atoms. The molecule has 2 aromatic heterocycles. The van der Waals surface area contributed by atoms with Crippen LogP contribution in [-0.2, 0) is 10.9 Å². The number of methoxy groups -OCH3 is 1. The molecule has 0 bridgehead atoms. The van der Waals surface area contributed by atoms with Gasteiger partial charge in [0.15, 0.2) is 5.76 Å². The summed E-state index contributed by atoms with van der Waals surface area (Å²) in [4.78, 5) is 22.6. The molecule has 1 N–H and O–H groups in total. The SMILES string of the molecule is COC(=O)c1cccc(-c2cnc(N[C@@H]3CCCC[C@H]3C[C@H]3CCCN(c4ccc(C(F)(F)F)cn4)C3)o2)c1. The number of nitrogens with zero attached hydrogens (tertiary/aromatic N) is 3. The van der Waals surface area contributed by atoms with Crippen LogP contribution in [0.25, 0.3) is 11.3 Å². The molecular formula is C29H33F3N4O3. The van der Waals surface area contributed by atoms with Crippen LogP contribution in [0.5, 0.6) is 0 Å². The Morgan fingerprint density at radius 3 is 2.72 bits per heavy atom. The van der Waals surface area contributed by atoms with Gasteiger partial charge in [0.2, 0.25) is 0 Å². The van der Waals surface area contributed by atoms with Crippen LogP contribution in [0.15, 0.2) is 53.2 Å². The Balaban J connectivity index is 1.22. The molecule has 1 aliphatic heterocycles. The van der Waals surface area contributed by atoms with E-state index in [1.807, 2.05) is 6.07 Å². The lowest BCUT2D eigenvalue weighted by Gasteiger charge is -2.38. The van der Waals surface area contributed by atoms with Crippen LogP contribution in [0.2, 0.25) is 0 Å². The number of hydrogen-bond donors (Lipinski definition) is 1. The maximum Gasteiger partial charge on any atom is 0.417 e. The molecule has 1 saturated heterocycles. The first-order valence-corrected chi connectivity index (χ1v) is 13.5. The fourth-order valence-electron chi connectivity index (χ4n) is 5.86. The highest BCUT2D eigenvalue weighted by atomic mass is 19.4. The quantitative estimate of drug-likeness (QED) is 0.328. The fourth-order valence-corrected chi connectivity index (χ4v) is 5.86. The number of nitrogens with one attached hydrogen (secondary N) is 1. The molecule has 3 heterocycles. The number of halogens is 3. The van der Waals surface area contributed by atoms with Gasteiger partial charge in [-0.2, -0.15) is 13.2 Å². The Hall–Kier alpha value is -3.56. The lowest BCUT2D eigenvalue weighted by molar-refractivity contribution is -0.137. The number of piperidine rings is 1. The topological polar surface area (TPSA) is 80.5 Å². The third-order valence-corrected chi connectivity index (χ3v) is 7.85. The van der Waals surface area contributed by atoms with Crippen LogP contribution < -0.4 is 10.2 Å². The highest BCUT2D eigenvalue weighted by Gasteiger charge is 2.33. The first-order chi connectivity index (χ1) is 18.8. The monoisotopic (exact) mass is 542 g/mol. The summed E-state index contributed by atoms with van der Waals surface area (Å²) in [6.07, 6.45) is 5.78. The van der Waals surface area contributed by atoms with Gasteiger partial charge in [-0.25, -0.2) is 14.8 Å². The number of ether oxygens (including phenoxy) is 1. The molecule has 0 unspecified atom stereocenters. The number of aromatic nitrogens is 2. The second kappa shape index (κ2) is 11.7. The van der Waals surface area contributed by atoms with E-state index in [-0.39, 0.29) is 6.04 Å². The van der Waals surface area contributed by atoms with Gasteiger partial charge in [-0.05, 0) is 68.2 Å². The molecule has 1 aliphatic carbocycles. The van der Waals surface area contributed by atoms with E-state index in [4.69, 9.17) is 9.15 Å². The number of benzene rings is 1. The van der Waals surface area contributed by atoms with Gasteiger partial charge in [0.1, 0.15) is 5.82 Å². The number of oxazole rings is 1. The van der Waals surface area contributed by atoms with Crippen LogP contribution in [0, 0.1) is 11.8 Å². The summed E-state index contributed by atoms with van der Waals surface area (Å²) >= 11 is 0. The van der Waals surface area contributed by atoms with E-state index < -0.39 is 17.7 Å². The predicted molar refractivity (Wildman–Crippen MR) is 141 cm³/mol. The average molecular weight is 543 g/mol. The highest BCUT2D eigenvalue weighted by molar-refractivity contribution is 5.90. The summed E-state index contributed by atoms with van der Waals surface area (Å²) in [5.41, 5.74) is 0.473. The molecule has 2 fully saturated rings. The molecule has 10 heteroatoms. The van der Waals surface area contributed by atoms with Crippen LogP contribution in [-0.4, -0.2) is 42.2 Å². The molecule has 1 aromatic carbocycles. The van der Waals surface area contributed by atoms with Crippen LogP contribution in [0.3, 0.4) is 0 Å². The number of carbonyl (C=O) groups excluding carboxylic acids is 1. The minimum absolute atomic E-state index is 0.228. The van der Waals surface area contributed by atoms with Crippen molar-refractivity contribution in [3.8, 4) is 11.3 Å². The Morgan fingerprint density at radius 2 is 1.95 bits per heavy atom. The molecule has 7 nitrogen and oxygen atoms in total. The third kappa shape index (κ3) is 6.54. The molecule has 3 atom stereocenters. The van der Waals surface area contributed by atoms with Crippen LogP contribution in [0.4, 0.5) is 25.0 Å². The second-order valence-corrected chi connectivity index (χ2v) is 10.5. The normalized spacial score (nSPS) is 21.9. The van der Waals surface area contributed by atoms with Crippen molar-refractivity contribution < 1.29 is 27.1 Å². The van der Waals surface area contributed by atoms with Crippen molar-refractivity contribution >= 4 is 17.8 Å². The lowest BCUT2D eigenvalue weighted by Crippen LogP contribution is -2.39. The van der Waals surface area contributed by atoms with Crippen molar-refractivity contribution in [2.45, 2.75) is 57.2 Å². The first kappa shape index (κ1) is 27.0. The maximum atomic E-state index is 12.9. The van der Waals surface area contributed by atoms with Crippen molar-refractivity contribution in [2.24, 2.45) is 11.8 Å². The summed E-state index contributed by atoms with van der Waals surface area (Å²) < 4.78 is 49.6. The lowest BCUT2D eigenvalue weighted by atomic mass is 9.77. The average Bonchev–Trinajstić information content (AvgIpc) is 3.42. The fraction of sp³-hybridized carbons (Fsp3) is 0.483. The molecule has 1 saturated carbocycles. The summed E-state index contributed by atoms with van der Waals surface area (Å²) in [6.45, 7) is 1.60. The smallest absolute Gasteiger partial charge is 0.417 e. The molecular weight excluding hydrogens is 509 g/mol. The van der Waals surface area contributed by atoms with E-state index in [0.717, 1.165) is 69.4 Å². The highest BCUT2D eigenvalue weighted by Crippen LogP contribution is 2.36. The number of pyridine rings is 1. The number of anilines is 2. The Bertz CT molecular complexity index is 1260. The molecule has 0 amide bonds. The summed E-state index contributed by atoms with van der Waals surface area (Å²) in [5, 5.41) is 3.52. The summed E-state index contributed by atoms with van der Waals surface area (Å²) in [7, 11) is 1.35.